The number of amides is 1. The van der Waals surface area contributed by atoms with Crippen LogP contribution in [0, 0.1) is 0 Å². The summed E-state index contributed by atoms with van der Waals surface area (Å²) in [6.45, 7) is 7.29. The van der Waals surface area contributed by atoms with Crippen LogP contribution in [0.1, 0.15) is 66.3 Å². The first-order valence-corrected chi connectivity index (χ1v) is 13.8. The van der Waals surface area contributed by atoms with Crippen molar-refractivity contribution < 1.29 is 27.5 Å². The second-order valence-electron chi connectivity index (χ2n) is 8.41. The Bertz CT molecular complexity index is 1140. The molecular formula is C26H34N2O6S. The van der Waals surface area contributed by atoms with Gasteiger partial charge in [0.2, 0.25) is 10.0 Å². The Hall–Kier alpha value is -2.91. The fourth-order valence-corrected chi connectivity index (χ4v) is 5.57. The Balaban J connectivity index is 1.76. The predicted octanol–water partition coefficient (Wildman–Crippen LogP) is 3.65. The number of carbonyl (C=O) groups excluding carboxylic acids is 2. The number of nitrogens with zero attached hydrogens (tertiary/aromatic N) is 1. The number of sulfonamides is 1. The molecule has 35 heavy (non-hydrogen) atoms. The summed E-state index contributed by atoms with van der Waals surface area (Å²) in [6, 6.07) is 11.6. The molecule has 1 aliphatic rings. The summed E-state index contributed by atoms with van der Waals surface area (Å²) < 4.78 is 38.1. The first-order valence-electron chi connectivity index (χ1n) is 12.1. The van der Waals surface area contributed by atoms with E-state index in [-0.39, 0.29) is 23.5 Å². The van der Waals surface area contributed by atoms with E-state index >= 15 is 0 Å². The van der Waals surface area contributed by atoms with Gasteiger partial charge in [-0.25, -0.2) is 13.1 Å². The quantitative estimate of drug-likeness (QED) is 0.471. The van der Waals surface area contributed by atoms with Crippen LogP contribution in [0.25, 0.3) is 0 Å². The first-order chi connectivity index (χ1) is 16.8. The van der Waals surface area contributed by atoms with Crippen molar-refractivity contribution in [2.75, 3.05) is 32.1 Å². The highest BCUT2D eigenvalue weighted by Crippen LogP contribution is 2.30. The summed E-state index contributed by atoms with van der Waals surface area (Å²) in [7, 11) is -3.30. The molecule has 9 heteroatoms. The molecular weight excluding hydrogens is 468 g/mol. The standard InChI is InChI=1S/C26H34N2O6S/c1-4-17-35(31,32)27-20-13-15-28(16-14-20)26(30)22-10-8-7-9-21(22)25(29)19-11-12-23(33-5-2)24(18-19)34-6-3/h7-12,18,20,27H,4-6,13-17H2,1-3H3. The molecule has 0 unspecified atom stereocenters. The maximum absolute atomic E-state index is 13.4. The summed E-state index contributed by atoms with van der Waals surface area (Å²) in [6.07, 6.45) is 1.61. The number of rotatable bonds is 11. The molecule has 1 heterocycles. The largest absolute Gasteiger partial charge is 0.490 e. The van der Waals surface area contributed by atoms with E-state index in [1.807, 2.05) is 20.8 Å². The number of hydrogen-bond donors (Lipinski definition) is 1. The molecule has 1 amide bonds. The zero-order valence-corrected chi connectivity index (χ0v) is 21.4. The van der Waals surface area contributed by atoms with E-state index in [1.54, 1.807) is 47.4 Å². The van der Waals surface area contributed by atoms with Crippen molar-refractivity contribution in [3.8, 4) is 11.5 Å². The lowest BCUT2D eigenvalue weighted by Crippen LogP contribution is -2.47. The number of nitrogens with one attached hydrogen (secondary N) is 1. The second-order valence-corrected chi connectivity index (χ2v) is 10.3. The molecule has 0 spiro atoms. The summed E-state index contributed by atoms with van der Waals surface area (Å²) in [5.74, 6) is 0.627. The van der Waals surface area contributed by atoms with E-state index in [4.69, 9.17) is 9.47 Å². The molecule has 8 nitrogen and oxygen atoms in total. The molecule has 3 rings (SSSR count). The molecule has 0 saturated carbocycles. The topological polar surface area (TPSA) is 102 Å². The number of carbonyl (C=O) groups is 2. The number of piperidine rings is 1. The van der Waals surface area contributed by atoms with Gasteiger partial charge in [-0.2, -0.15) is 0 Å². The van der Waals surface area contributed by atoms with E-state index in [1.165, 1.54) is 0 Å². The van der Waals surface area contributed by atoms with Crippen molar-refractivity contribution in [3.63, 3.8) is 0 Å². The Labute approximate surface area is 207 Å². The number of benzene rings is 2. The molecule has 1 saturated heterocycles. The van der Waals surface area contributed by atoms with Crippen molar-refractivity contribution in [2.45, 2.75) is 46.1 Å². The molecule has 1 N–H and O–H groups in total. The van der Waals surface area contributed by atoms with E-state index in [9.17, 15) is 18.0 Å². The van der Waals surface area contributed by atoms with Crippen LogP contribution < -0.4 is 14.2 Å². The average molecular weight is 503 g/mol. The van der Waals surface area contributed by atoms with Crippen LogP contribution in [-0.2, 0) is 10.0 Å². The summed E-state index contributed by atoms with van der Waals surface area (Å²) >= 11 is 0. The third-order valence-corrected chi connectivity index (χ3v) is 7.45. The Morgan fingerprint density at radius 2 is 1.57 bits per heavy atom. The van der Waals surface area contributed by atoms with Crippen molar-refractivity contribution in [1.29, 1.82) is 0 Å². The molecule has 2 aromatic carbocycles. The molecule has 0 radical (unpaired) electrons. The molecule has 190 valence electrons. The zero-order valence-electron chi connectivity index (χ0n) is 20.6. The van der Waals surface area contributed by atoms with Crippen LogP contribution in [0.3, 0.4) is 0 Å². The van der Waals surface area contributed by atoms with Crippen LogP contribution in [0.15, 0.2) is 42.5 Å². The van der Waals surface area contributed by atoms with Gasteiger partial charge in [0, 0.05) is 30.3 Å². The monoisotopic (exact) mass is 502 g/mol. The van der Waals surface area contributed by atoms with Crippen molar-refractivity contribution >= 4 is 21.7 Å². The van der Waals surface area contributed by atoms with Crippen LogP contribution in [0.2, 0.25) is 0 Å². The third kappa shape index (κ3) is 6.82. The molecule has 0 atom stereocenters. The Morgan fingerprint density at radius 1 is 0.943 bits per heavy atom. The smallest absolute Gasteiger partial charge is 0.254 e. The normalized spacial score (nSPS) is 14.5. The van der Waals surface area contributed by atoms with Gasteiger partial charge in [-0.3, -0.25) is 9.59 Å². The van der Waals surface area contributed by atoms with Gasteiger partial charge in [-0.15, -0.1) is 0 Å². The van der Waals surface area contributed by atoms with E-state index in [2.05, 4.69) is 4.72 Å². The zero-order chi connectivity index (χ0) is 25.4. The average Bonchev–Trinajstić information content (AvgIpc) is 2.84. The van der Waals surface area contributed by atoms with Crippen LogP contribution >= 0.6 is 0 Å². The Kier molecular flexibility index (Phi) is 9.28. The minimum atomic E-state index is -3.30. The second kappa shape index (κ2) is 12.2. The molecule has 2 aromatic rings. The summed E-state index contributed by atoms with van der Waals surface area (Å²) in [5, 5.41) is 0. The van der Waals surface area contributed by atoms with Crippen LogP contribution in [-0.4, -0.2) is 63.1 Å². The van der Waals surface area contributed by atoms with Gasteiger partial charge in [0.05, 0.1) is 24.5 Å². The minimum absolute atomic E-state index is 0.0954. The highest BCUT2D eigenvalue weighted by atomic mass is 32.2. The lowest BCUT2D eigenvalue weighted by molar-refractivity contribution is 0.0707. The van der Waals surface area contributed by atoms with E-state index in [0.29, 0.717) is 73.8 Å². The predicted molar refractivity (Wildman–Crippen MR) is 135 cm³/mol. The minimum Gasteiger partial charge on any atom is -0.490 e. The number of ketones is 1. The maximum Gasteiger partial charge on any atom is 0.254 e. The fraction of sp³-hybridized carbons (Fsp3) is 0.462. The highest BCUT2D eigenvalue weighted by Gasteiger charge is 2.28. The van der Waals surface area contributed by atoms with Gasteiger partial charge in [-0.05, 0) is 57.4 Å². The fourth-order valence-electron chi connectivity index (χ4n) is 4.17. The van der Waals surface area contributed by atoms with Gasteiger partial charge in [-0.1, -0.05) is 25.1 Å². The van der Waals surface area contributed by atoms with Crippen molar-refractivity contribution in [1.82, 2.24) is 9.62 Å². The van der Waals surface area contributed by atoms with E-state index in [0.717, 1.165) is 0 Å². The van der Waals surface area contributed by atoms with Crippen molar-refractivity contribution in [2.24, 2.45) is 0 Å². The van der Waals surface area contributed by atoms with Gasteiger partial charge in [0.1, 0.15) is 0 Å². The van der Waals surface area contributed by atoms with E-state index < -0.39 is 10.0 Å². The van der Waals surface area contributed by atoms with Gasteiger partial charge in [0.25, 0.3) is 5.91 Å². The van der Waals surface area contributed by atoms with Gasteiger partial charge in [0.15, 0.2) is 17.3 Å². The third-order valence-electron chi connectivity index (χ3n) is 5.81. The Morgan fingerprint density at radius 3 is 2.20 bits per heavy atom. The number of likely N-dealkylation sites (tertiary alicyclic amines) is 1. The first kappa shape index (κ1) is 26.7. The van der Waals surface area contributed by atoms with Gasteiger partial charge < -0.3 is 14.4 Å². The molecule has 0 aromatic heterocycles. The molecule has 0 aliphatic carbocycles. The summed E-state index contributed by atoms with van der Waals surface area (Å²) in [4.78, 5) is 28.4. The number of ether oxygens (including phenoxy) is 2. The molecule has 1 fully saturated rings. The summed E-state index contributed by atoms with van der Waals surface area (Å²) in [5.41, 5.74) is 1.05. The molecule has 1 aliphatic heterocycles. The lowest BCUT2D eigenvalue weighted by Gasteiger charge is -2.32. The lowest BCUT2D eigenvalue weighted by atomic mass is 9.96. The van der Waals surface area contributed by atoms with Gasteiger partial charge >= 0.3 is 0 Å². The SMILES string of the molecule is CCCS(=O)(=O)NC1CCN(C(=O)c2ccccc2C(=O)c2ccc(OCC)c(OCC)c2)CC1. The maximum atomic E-state index is 13.4. The van der Waals surface area contributed by atoms with Crippen molar-refractivity contribution in [3.05, 3.63) is 59.2 Å². The van der Waals surface area contributed by atoms with Crippen LogP contribution in [0.4, 0.5) is 0 Å². The highest BCUT2D eigenvalue weighted by molar-refractivity contribution is 7.89. The molecule has 0 bridgehead atoms. The van der Waals surface area contributed by atoms with Crippen LogP contribution in [0.5, 0.6) is 11.5 Å². The number of hydrogen-bond acceptors (Lipinski definition) is 6.